The third-order valence-corrected chi connectivity index (χ3v) is 6.77. The molecule has 1 aliphatic heterocycles. The molecule has 28 heavy (non-hydrogen) atoms. The number of thiophene rings is 2. The molecule has 0 bridgehead atoms. The number of imide groups is 1. The Labute approximate surface area is 170 Å². The van der Waals surface area contributed by atoms with Crippen molar-refractivity contribution in [3.8, 4) is 20.3 Å². The number of amides is 3. The van der Waals surface area contributed by atoms with Crippen molar-refractivity contribution in [3.05, 3.63) is 41.9 Å². The molecule has 1 fully saturated rings. The first-order valence-electron chi connectivity index (χ1n) is 8.79. The van der Waals surface area contributed by atoms with Gasteiger partial charge in [-0.2, -0.15) is 0 Å². The van der Waals surface area contributed by atoms with Gasteiger partial charge in [-0.15, -0.1) is 22.7 Å². The first kappa shape index (κ1) is 18.6. The molecule has 0 aliphatic carbocycles. The van der Waals surface area contributed by atoms with Gasteiger partial charge in [-0.3, -0.25) is 10.1 Å². The molecular formula is C19H19N5O2S2. The van der Waals surface area contributed by atoms with Crippen LogP contribution in [-0.4, -0.2) is 45.4 Å². The zero-order chi connectivity index (χ0) is 19.7. The van der Waals surface area contributed by atoms with Crippen molar-refractivity contribution >= 4 is 40.6 Å². The largest absolute Gasteiger partial charge is 0.352 e. The molecule has 4 rings (SSSR count). The summed E-state index contributed by atoms with van der Waals surface area (Å²) in [4.78, 5) is 37.6. The van der Waals surface area contributed by atoms with Crippen molar-refractivity contribution in [2.75, 3.05) is 18.4 Å². The summed E-state index contributed by atoms with van der Waals surface area (Å²) in [5, 5.41) is 7.55. The van der Waals surface area contributed by atoms with E-state index in [1.165, 1.54) is 14.7 Å². The summed E-state index contributed by atoms with van der Waals surface area (Å²) in [5.41, 5.74) is -0.00359. The van der Waals surface area contributed by atoms with Gasteiger partial charge in [-0.1, -0.05) is 6.07 Å². The van der Waals surface area contributed by atoms with E-state index in [-0.39, 0.29) is 11.9 Å². The predicted molar refractivity (Wildman–Crippen MR) is 111 cm³/mol. The first-order valence-corrected chi connectivity index (χ1v) is 10.5. The van der Waals surface area contributed by atoms with Gasteiger partial charge in [-0.25, -0.2) is 14.8 Å². The van der Waals surface area contributed by atoms with Crippen LogP contribution in [0, 0.1) is 0 Å². The van der Waals surface area contributed by atoms with Gasteiger partial charge in [-0.05, 0) is 43.5 Å². The normalized spacial score (nSPS) is 15.7. The van der Waals surface area contributed by atoms with E-state index in [9.17, 15) is 9.59 Å². The Morgan fingerprint density at radius 2 is 1.96 bits per heavy atom. The van der Waals surface area contributed by atoms with Gasteiger partial charge in [0.2, 0.25) is 5.95 Å². The molecule has 3 aromatic heterocycles. The van der Waals surface area contributed by atoms with Gasteiger partial charge in [0.1, 0.15) is 5.54 Å². The van der Waals surface area contributed by atoms with Crippen molar-refractivity contribution in [1.82, 2.24) is 20.2 Å². The van der Waals surface area contributed by atoms with Crippen molar-refractivity contribution in [2.24, 2.45) is 0 Å². The van der Waals surface area contributed by atoms with Gasteiger partial charge in [0.15, 0.2) is 0 Å². The summed E-state index contributed by atoms with van der Waals surface area (Å²) in [7, 11) is 0. The van der Waals surface area contributed by atoms with Gasteiger partial charge < -0.3 is 10.2 Å². The average Bonchev–Trinajstić information content (AvgIpc) is 3.39. The lowest BCUT2D eigenvalue weighted by atomic mass is 10.0. The number of anilines is 1. The van der Waals surface area contributed by atoms with E-state index in [1.54, 1.807) is 42.7 Å². The maximum atomic E-state index is 11.9. The van der Waals surface area contributed by atoms with E-state index in [4.69, 9.17) is 0 Å². The number of rotatable bonds is 6. The highest BCUT2D eigenvalue weighted by molar-refractivity contribution is 7.23. The van der Waals surface area contributed by atoms with E-state index in [1.807, 2.05) is 12.1 Å². The molecule has 9 heteroatoms. The van der Waals surface area contributed by atoms with Crippen molar-refractivity contribution < 1.29 is 9.59 Å². The third kappa shape index (κ3) is 3.50. The van der Waals surface area contributed by atoms with E-state index in [2.05, 4.69) is 44.2 Å². The van der Waals surface area contributed by atoms with Crippen LogP contribution in [0.1, 0.15) is 13.8 Å². The molecule has 1 saturated heterocycles. The van der Waals surface area contributed by atoms with E-state index in [0.29, 0.717) is 19.0 Å². The number of hydrogen-bond donors (Lipinski definition) is 2. The molecule has 2 N–H and O–H groups in total. The van der Waals surface area contributed by atoms with Crippen LogP contribution in [0.2, 0.25) is 0 Å². The van der Waals surface area contributed by atoms with Crippen molar-refractivity contribution in [3.63, 3.8) is 0 Å². The minimum Gasteiger partial charge on any atom is -0.352 e. The topological polar surface area (TPSA) is 87.2 Å². The highest BCUT2D eigenvalue weighted by Crippen LogP contribution is 2.35. The number of hydrogen-bond acceptors (Lipinski definition) is 7. The molecule has 3 aromatic rings. The lowest BCUT2D eigenvalue weighted by Gasteiger charge is -2.27. The molecule has 0 radical (unpaired) electrons. The molecule has 1 aliphatic rings. The number of urea groups is 1. The minimum atomic E-state index is -0.851. The summed E-state index contributed by atoms with van der Waals surface area (Å²) in [6.07, 6.45) is 1.71. The molecule has 0 spiro atoms. The highest BCUT2D eigenvalue weighted by atomic mass is 32.1. The first-order chi connectivity index (χ1) is 13.4. The second-order valence-corrected chi connectivity index (χ2v) is 8.83. The molecule has 0 atom stereocenters. The Hall–Kier alpha value is -2.78. The maximum Gasteiger partial charge on any atom is 0.325 e. The lowest BCUT2D eigenvalue weighted by Crippen LogP contribution is -2.46. The van der Waals surface area contributed by atoms with Crippen LogP contribution in [0.4, 0.5) is 10.7 Å². The smallest absolute Gasteiger partial charge is 0.325 e. The Morgan fingerprint density at radius 1 is 1.14 bits per heavy atom. The van der Waals surface area contributed by atoms with Crippen molar-refractivity contribution in [2.45, 2.75) is 19.4 Å². The van der Waals surface area contributed by atoms with Gasteiger partial charge in [0, 0.05) is 29.0 Å². The molecule has 4 heterocycles. The maximum absolute atomic E-state index is 11.9. The van der Waals surface area contributed by atoms with Crippen LogP contribution in [0.15, 0.2) is 41.9 Å². The summed E-state index contributed by atoms with van der Waals surface area (Å²) in [5.74, 6) is 0.210. The van der Waals surface area contributed by atoms with E-state index in [0.717, 1.165) is 10.6 Å². The number of nitrogens with zero attached hydrogens (tertiary/aromatic N) is 3. The molecule has 7 nitrogen and oxygen atoms in total. The quantitative estimate of drug-likeness (QED) is 0.602. The van der Waals surface area contributed by atoms with Gasteiger partial charge >= 0.3 is 6.03 Å². The Morgan fingerprint density at radius 3 is 2.68 bits per heavy atom. The van der Waals surface area contributed by atoms with Crippen LogP contribution < -0.4 is 10.6 Å². The molecule has 3 amide bonds. The van der Waals surface area contributed by atoms with Crippen LogP contribution >= 0.6 is 22.7 Å². The summed E-state index contributed by atoms with van der Waals surface area (Å²) < 4.78 is 0. The molecule has 0 unspecified atom stereocenters. The number of carbonyl (C=O) groups is 2. The zero-order valence-electron chi connectivity index (χ0n) is 15.4. The number of nitrogens with one attached hydrogen (secondary N) is 2. The summed E-state index contributed by atoms with van der Waals surface area (Å²) in [6, 6.07) is 9.83. The number of carbonyl (C=O) groups excluding carboxylic acids is 2. The molecular weight excluding hydrogens is 394 g/mol. The minimum absolute atomic E-state index is 0.282. The van der Waals surface area contributed by atoms with Crippen LogP contribution in [-0.2, 0) is 4.79 Å². The molecule has 0 saturated carbocycles. The third-order valence-electron chi connectivity index (χ3n) is 4.59. The second kappa shape index (κ2) is 7.33. The monoisotopic (exact) mass is 413 g/mol. The second-order valence-electron chi connectivity index (χ2n) is 6.80. The fraction of sp³-hybridized carbons (Fsp3) is 0.263. The molecule has 144 valence electrons. The SMILES string of the molecule is CC1(C)C(=O)NC(=O)N1CCNc1nccc(-c2ccc(-c3cccs3)s2)n1. The standard InChI is InChI=1S/C19H19N5O2S2/c1-19(2)16(25)23-18(26)24(19)10-9-21-17-20-8-7-12(22-17)13-5-6-15(28-13)14-4-3-11-27-14/h3-8,11H,9-10H2,1-2H3,(H,20,21,22)(H,23,25,26). The van der Waals surface area contributed by atoms with Crippen LogP contribution in [0.3, 0.4) is 0 Å². The summed E-state index contributed by atoms with van der Waals surface area (Å²) in [6.45, 7) is 4.27. The Balaban J connectivity index is 1.42. The van der Waals surface area contributed by atoms with Crippen molar-refractivity contribution in [1.29, 1.82) is 0 Å². The number of aromatic nitrogens is 2. The van der Waals surface area contributed by atoms with E-state index < -0.39 is 5.54 Å². The molecule has 0 aromatic carbocycles. The highest BCUT2D eigenvalue weighted by Gasteiger charge is 2.44. The summed E-state index contributed by atoms with van der Waals surface area (Å²) >= 11 is 3.41. The lowest BCUT2D eigenvalue weighted by molar-refractivity contribution is -0.125. The van der Waals surface area contributed by atoms with Gasteiger partial charge in [0.05, 0.1) is 10.6 Å². The van der Waals surface area contributed by atoms with Gasteiger partial charge in [0.25, 0.3) is 5.91 Å². The Kier molecular flexibility index (Phi) is 4.86. The Bertz CT molecular complexity index is 1010. The zero-order valence-corrected chi connectivity index (χ0v) is 17.1. The van der Waals surface area contributed by atoms with Crippen LogP contribution in [0.25, 0.3) is 20.3 Å². The fourth-order valence-electron chi connectivity index (χ4n) is 2.96. The predicted octanol–water partition coefficient (Wildman–Crippen LogP) is 3.68. The van der Waals surface area contributed by atoms with Crippen LogP contribution in [0.5, 0.6) is 0 Å². The van der Waals surface area contributed by atoms with E-state index >= 15 is 0 Å². The average molecular weight is 414 g/mol. The fourth-order valence-corrected chi connectivity index (χ4v) is 4.77.